The highest BCUT2D eigenvalue weighted by molar-refractivity contribution is 7.89. The lowest BCUT2D eigenvalue weighted by Crippen LogP contribution is -2.29. The number of aryl methyl sites for hydroxylation is 1. The molecule has 1 heterocycles. The molecule has 7 nitrogen and oxygen atoms in total. The molecule has 19 heavy (non-hydrogen) atoms. The van der Waals surface area contributed by atoms with Gasteiger partial charge < -0.3 is 10.2 Å². The molecule has 1 fully saturated rings. The number of hydrogen-bond donors (Lipinski definition) is 2. The average molecular weight is 283 g/mol. The van der Waals surface area contributed by atoms with Crippen LogP contribution < -0.4 is 16.2 Å². The Kier molecular flexibility index (Phi) is 2.56. The summed E-state index contributed by atoms with van der Waals surface area (Å²) in [6, 6.07) is 4.00. The fourth-order valence-electron chi connectivity index (χ4n) is 1.90. The molecule has 3 rings (SSSR count). The lowest BCUT2D eigenvalue weighted by molar-refractivity contribution is 0.527. The van der Waals surface area contributed by atoms with Gasteiger partial charge in [-0.25, -0.2) is 17.9 Å². The summed E-state index contributed by atoms with van der Waals surface area (Å²) in [5.41, 5.74) is 6.37. The molecule has 2 aromatic rings. The standard InChI is InChI=1S/C11H13N3O4S/c1-14-9-3-2-6(4-10(9)18-11(14)15)19(16,17)13-8-5-7(8)12/h2-4,7-8,13H,5,12H2,1H3. The van der Waals surface area contributed by atoms with Gasteiger partial charge >= 0.3 is 5.76 Å². The monoisotopic (exact) mass is 283 g/mol. The summed E-state index contributed by atoms with van der Waals surface area (Å²) in [6.45, 7) is 0. The topological polar surface area (TPSA) is 107 Å². The summed E-state index contributed by atoms with van der Waals surface area (Å²) in [5, 5.41) is 0. The van der Waals surface area contributed by atoms with Crippen molar-refractivity contribution in [3.05, 3.63) is 28.7 Å². The second kappa shape index (κ2) is 3.92. The van der Waals surface area contributed by atoms with Crippen LogP contribution in [0.15, 0.2) is 32.3 Å². The van der Waals surface area contributed by atoms with Crippen molar-refractivity contribution in [1.82, 2.24) is 9.29 Å². The molecule has 0 bridgehead atoms. The number of sulfonamides is 1. The molecule has 0 spiro atoms. The Hall–Kier alpha value is -1.64. The van der Waals surface area contributed by atoms with E-state index in [2.05, 4.69) is 4.72 Å². The molecule has 2 atom stereocenters. The molecular weight excluding hydrogens is 270 g/mol. The SMILES string of the molecule is Cn1c(=O)oc2cc(S(=O)(=O)NC3CC3N)ccc21. The lowest BCUT2D eigenvalue weighted by Gasteiger charge is -2.05. The average Bonchev–Trinajstić information content (AvgIpc) is 2.94. The first-order chi connectivity index (χ1) is 8.88. The smallest absolute Gasteiger partial charge is 0.408 e. The third kappa shape index (κ3) is 2.07. The minimum absolute atomic E-state index is 0.0634. The van der Waals surface area contributed by atoms with E-state index in [9.17, 15) is 13.2 Å². The van der Waals surface area contributed by atoms with Crippen molar-refractivity contribution < 1.29 is 12.8 Å². The van der Waals surface area contributed by atoms with Crippen LogP contribution in [0.25, 0.3) is 11.1 Å². The van der Waals surface area contributed by atoms with E-state index in [1.807, 2.05) is 0 Å². The number of hydrogen-bond acceptors (Lipinski definition) is 5. The van der Waals surface area contributed by atoms with Crippen molar-refractivity contribution >= 4 is 21.1 Å². The Labute approximate surface area is 109 Å². The highest BCUT2D eigenvalue weighted by Gasteiger charge is 2.37. The van der Waals surface area contributed by atoms with Crippen molar-refractivity contribution in [1.29, 1.82) is 0 Å². The maximum absolute atomic E-state index is 12.1. The van der Waals surface area contributed by atoms with Gasteiger partial charge in [-0.1, -0.05) is 0 Å². The van der Waals surface area contributed by atoms with Crippen LogP contribution >= 0.6 is 0 Å². The lowest BCUT2D eigenvalue weighted by atomic mass is 10.3. The molecule has 3 N–H and O–H groups in total. The van der Waals surface area contributed by atoms with Crippen LogP contribution in [-0.2, 0) is 17.1 Å². The van der Waals surface area contributed by atoms with Crippen molar-refractivity contribution in [2.45, 2.75) is 23.4 Å². The van der Waals surface area contributed by atoms with E-state index in [1.54, 1.807) is 13.1 Å². The van der Waals surface area contributed by atoms with Gasteiger partial charge in [0.1, 0.15) is 0 Å². The van der Waals surface area contributed by atoms with E-state index >= 15 is 0 Å². The zero-order chi connectivity index (χ0) is 13.8. The fraction of sp³-hybridized carbons (Fsp3) is 0.364. The highest BCUT2D eigenvalue weighted by atomic mass is 32.2. The Morgan fingerprint density at radius 2 is 2.16 bits per heavy atom. The van der Waals surface area contributed by atoms with Gasteiger partial charge in [0.05, 0.1) is 10.4 Å². The van der Waals surface area contributed by atoms with Gasteiger partial charge in [-0.3, -0.25) is 4.57 Å². The van der Waals surface area contributed by atoms with Gasteiger partial charge in [0.15, 0.2) is 5.58 Å². The predicted molar refractivity (Wildman–Crippen MR) is 68.2 cm³/mol. The van der Waals surface area contributed by atoms with Gasteiger partial charge in [-0.15, -0.1) is 0 Å². The summed E-state index contributed by atoms with van der Waals surface area (Å²) < 4.78 is 32.9. The quantitative estimate of drug-likeness (QED) is 0.790. The number of aromatic nitrogens is 1. The Morgan fingerprint density at radius 1 is 1.47 bits per heavy atom. The summed E-state index contributed by atoms with van der Waals surface area (Å²) in [7, 11) is -2.07. The summed E-state index contributed by atoms with van der Waals surface area (Å²) >= 11 is 0. The fourth-order valence-corrected chi connectivity index (χ4v) is 3.21. The van der Waals surface area contributed by atoms with E-state index < -0.39 is 15.8 Å². The summed E-state index contributed by atoms with van der Waals surface area (Å²) in [5.74, 6) is -0.526. The summed E-state index contributed by atoms with van der Waals surface area (Å²) in [6.07, 6.45) is 0.641. The molecular formula is C11H13N3O4S. The molecule has 1 aromatic carbocycles. The second-order valence-corrected chi connectivity index (χ2v) is 6.40. The van der Waals surface area contributed by atoms with Crippen LogP contribution in [-0.4, -0.2) is 25.1 Å². The molecule has 0 aliphatic heterocycles. The maximum atomic E-state index is 12.1. The number of nitrogens with one attached hydrogen (secondary N) is 1. The number of nitrogens with zero attached hydrogens (tertiary/aromatic N) is 1. The Morgan fingerprint density at radius 3 is 2.79 bits per heavy atom. The largest absolute Gasteiger partial charge is 0.419 e. The van der Waals surface area contributed by atoms with Gasteiger partial charge in [-0.2, -0.15) is 0 Å². The van der Waals surface area contributed by atoms with E-state index in [0.717, 1.165) is 0 Å². The number of nitrogens with two attached hydrogens (primary N) is 1. The van der Waals surface area contributed by atoms with Gasteiger partial charge in [0.25, 0.3) is 0 Å². The van der Waals surface area contributed by atoms with Crippen LogP contribution in [0.1, 0.15) is 6.42 Å². The van der Waals surface area contributed by atoms with E-state index in [0.29, 0.717) is 11.9 Å². The molecule has 0 amide bonds. The minimum Gasteiger partial charge on any atom is -0.408 e. The van der Waals surface area contributed by atoms with Crippen molar-refractivity contribution in [2.24, 2.45) is 12.8 Å². The van der Waals surface area contributed by atoms with Crippen molar-refractivity contribution in [3.63, 3.8) is 0 Å². The molecule has 1 aliphatic rings. The first kappa shape index (κ1) is 12.4. The van der Waals surface area contributed by atoms with Crippen LogP contribution in [0.4, 0.5) is 0 Å². The highest BCUT2D eigenvalue weighted by Crippen LogP contribution is 2.23. The number of benzene rings is 1. The molecule has 1 aliphatic carbocycles. The van der Waals surface area contributed by atoms with Crippen molar-refractivity contribution in [3.8, 4) is 0 Å². The van der Waals surface area contributed by atoms with Gasteiger partial charge in [0.2, 0.25) is 10.0 Å². The Bertz CT molecular complexity index is 805. The third-order valence-electron chi connectivity index (χ3n) is 3.22. The molecule has 2 unspecified atom stereocenters. The molecule has 1 aromatic heterocycles. The van der Waals surface area contributed by atoms with Gasteiger partial charge in [-0.05, 0) is 18.6 Å². The molecule has 1 saturated carbocycles. The molecule has 0 saturated heterocycles. The first-order valence-corrected chi connectivity index (χ1v) is 7.24. The normalized spacial score (nSPS) is 22.8. The zero-order valence-electron chi connectivity index (χ0n) is 10.2. The number of oxazole rings is 1. The maximum Gasteiger partial charge on any atom is 0.419 e. The molecule has 0 radical (unpaired) electrons. The van der Waals surface area contributed by atoms with Crippen LogP contribution in [0.3, 0.4) is 0 Å². The predicted octanol–water partition coefficient (Wildman–Crippen LogP) is -0.491. The van der Waals surface area contributed by atoms with Crippen LogP contribution in [0.5, 0.6) is 0 Å². The number of rotatable bonds is 3. The Balaban J connectivity index is 2.03. The number of fused-ring (bicyclic) bond motifs is 1. The van der Waals surface area contributed by atoms with Crippen molar-refractivity contribution in [2.75, 3.05) is 0 Å². The van der Waals surface area contributed by atoms with Crippen LogP contribution in [0, 0.1) is 0 Å². The molecule has 8 heteroatoms. The van der Waals surface area contributed by atoms with E-state index in [4.69, 9.17) is 10.2 Å². The first-order valence-electron chi connectivity index (χ1n) is 5.76. The van der Waals surface area contributed by atoms with E-state index in [1.165, 1.54) is 16.7 Å². The summed E-state index contributed by atoms with van der Waals surface area (Å²) in [4.78, 5) is 11.4. The zero-order valence-corrected chi connectivity index (χ0v) is 11.0. The van der Waals surface area contributed by atoms with Gasteiger partial charge in [0, 0.05) is 25.2 Å². The van der Waals surface area contributed by atoms with Crippen LogP contribution in [0.2, 0.25) is 0 Å². The second-order valence-electron chi connectivity index (χ2n) is 4.68. The third-order valence-corrected chi connectivity index (χ3v) is 4.71. The molecule has 102 valence electrons. The minimum atomic E-state index is -3.63. The van der Waals surface area contributed by atoms with E-state index in [-0.39, 0.29) is 22.6 Å².